The highest BCUT2D eigenvalue weighted by molar-refractivity contribution is 6.04. The van der Waals surface area contributed by atoms with Crippen molar-refractivity contribution in [2.75, 3.05) is 5.32 Å². The van der Waals surface area contributed by atoms with Gasteiger partial charge in [0.15, 0.2) is 0 Å². The Bertz CT molecular complexity index is 1260. The summed E-state index contributed by atoms with van der Waals surface area (Å²) in [5.74, 6) is 1.04. The first-order chi connectivity index (χ1) is 15.4. The normalized spacial score (nSPS) is 11.0. The molecule has 2 aromatic heterocycles. The van der Waals surface area contributed by atoms with E-state index in [9.17, 15) is 14.9 Å². The quantitative estimate of drug-likeness (QED) is 0.345. The monoisotopic (exact) mass is 430 g/mol. The van der Waals surface area contributed by atoms with E-state index in [1.54, 1.807) is 24.5 Å². The van der Waals surface area contributed by atoms with Gasteiger partial charge in [0.2, 0.25) is 0 Å². The number of amides is 1. The van der Waals surface area contributed by atoms with E-state index < -0.39 is 4.92 Å². The maximum absolute atomic E-state index is 12.7. The highest BCUT2D eigenvalue weighted by Crippen LogP contribution is 2.18. The largest absolute Gasteiger partial charge is 0.330 e. The molecule has 0 radical (unpaired) electrons. The zero-order valence-electron chi connectivity index (χ0n) is 17.7. The molecule has 4 rings (SSSR count). The number of hydrogen-bond donors (Lipinski definition) is 1. The first-order valence-corrected chi connectivity index (χ1v) is 10.1. The third kappa shape index (κ3) is 4.56. The number of anilines is 1. The molecule has 1 N–H and O–H groups in total. The molecule has 9 heteroatoms. The van der Waals surface area contributed by atoms with Crippen LogP contribution in [0.5, 0.6) is 0 Å². The Morgan fingerprint density at radius 3 is 2.69 bits per heavy atom. The van der Waals surface area contributed by atoms with Gasteiger partial charge in [-0.25, -0.2) is 9.67 Å². The highest BCUT2D eigenvalue weighted by Gasteiger charge is 2.12. The summed E-state index contributed by atoms with van der Waals surface area (Å²) in [6.45, 7) is 4.87. The van der Waals surface area contributed by atoms with Gasteiger partial charge >= 0.3 is 0 Å². The summed E-state index contributed by atoms with van der Waals surface area (Å²) in [6, 6.07) is 13.6. The van der Waals surface area contributed by atoms with Crippen molar-refractivity contribution in [2.45, 2.75) is 26.3 Å². The Morgan fingerprint density at radius 2 is 1.97 bits per heavy atom. The summed E-state index contributed by atoms with van der Waals surface area (Å²) < 4.78 is 3.60. The van der Waals surface area contributed by atoms with Gasteiger partial charge in [-0.05, 0) is 29.8 Å². The van der Waals surface area contributed by atoms with Crippen LogP contribution in [0.25, 0.3) is 5.69 Å². The zero-order valence-corrected chi connectivity index (χ0v) is 17.7. The van der Waals surface area contributed by atoms with Crippen molar-refractivity contribution in [2.24, 2.45) is 0 Å². The lowest BCUT2D eigenvalue weighted by Gasteiger charge is -2.11. The van der Waals surface area contributed by atoms with E-state index in [-0.39, 0.29) is 11.6 Å². The molecule has 0 saturated heterocycles. The van der Waals surface area contributed by atoms with E-state index in [2.05, 4.69) is 33.8 Å². The number of rotatable bonds is 7. The van der Waals surface area contributed by atoms with Gasteiger partial charge in [-0.3, -0.25) is 14.9 Å². The molecule has 0 aliphatic heterocycles. The van der Waals surface area contributed by atoms with Crippen molar-refractivity contribution in [3.63, 3.8) is 0 Å². The van der Waals surface area contributed by atoms with Crippen LogP contribution >= 0.6 is 0 Å². The standard InChI is InChI=1S/C23H22N6O3/c1-16(2)22-24-10-11-27(22)14-17-4-3-5-19(12-17)26-23(30)18-13-25-28(15-18)20-6-8-21(9-7-20)29(31)32/h3-13,15-16H,14H2,1-2H3,(H,26,30). The molecule has 0 aliphatic rings. The number of nitrogens with zero attached hydrogens (tertiary/aromatic N) is 5. The van der Waals surface area contributed by atoms with Gasteiger partial charge < -0.3 is 9.88 Å². The van der Waals surface area contributed by atoms with Crippen LogP contribution in [0.4, 0.5) is 11.4 Å². The van der Waals surface area contributed by atoms with E-state index >= 15 is 0 Å². The number of nitrogens with one attached hydrogen (secondary N) is 1. The van der Waals surface area contributed by atoms with E-state index in [0.717, 1.165) is 11.4 Å². The van der Waals surface area contributed by atoms with E-state index in [0.29, 0.717) is 29.4 Å². The third-order valence-electron chi connectivity index (χ3n) is 4.97. The molecular weight excluding hydrogens is 408 g/mol. The predicted molar refractivity (Wildman–Crippen MR) is 120 cm³/mol. The molecule has 1 amide bonds. The first-order valence-electron chi connectivity index (χ1n) is 10.1. The Balaban J connectivity index is 1.46. The number of imidazole rings is 1. The van der Waals surface area contributed by atoms with E-state index in [1.807, 2.05) is 30.5 Å². The van der Waals surface area contributed by atoms with Crippen molar-refractivity contribution in [1.82, 2.24) is 19.3 Å². The van der Waals surface area contributed by atoms with Crippen LogP contribution in [-0.2, 0) is 6.54 Å². The minimum Gasteiger partial charge on any atom is -0.330 e. The number of aromatic nitrogens is 4. The molecule has 2 heterocycles. The second kappa shape index (κ2) is 8.84. The lowest BCUT2D eigenvalue weighted by atomic mass is 10.1. The molecule has 0 unspecified atom stereocenters. The van der Waals surface area contributed by atoms with E-state index in [4.69, 9.17) is 0 Å². The molecule has 0 fully saturated rings. The van der Waals surface area contributed by atoms with E-state index in [1.165, 1.54) is 23.0 Å². The lowest BCUT2D eigenvalue weighted by Crippen LogP contribution is -2.12. The van der Waals surface area contributed by atoms with Crippen molar-refractivity contribution >= 4 is 17.3 Å². The van der Waals surface area contributed by atoms with Gasteiger partial charge in [-0.1, -0.05) is 26.0 Å². The molecule has 9 nitrogen and oxygen atoms in total. The van der Waals surface area contributed by atoms with Gasteiger partial charge in [0.25, 0.3) is 11.6 Å². The van der Waals surface area contributed by atoms with Gasteiger partial charge in [0.1, 0.15) is 5.82 Å². The number of nitro benzene ring substituents is 1. The molecule has 0 bridgehead atoms. The topological polar surface area (TPSA) is 108 Å². The minimum absolute atomic E-state index is 0.00466. The molecule has 4 aromatic rings. The van der Waals surface area contributed by atoms with Crippen molar-refractivity contribution in [3.05, 3.63) is 100 Å². The Morgan fingerprint density at radius 1 is 1.19 bits per heavy atom. The third-order valence-corrected chi connectivity index (χ3v) is 4.97. The molecule has 32 heavy (non-hydrogen) atoms. The molecule has 162 valence electrons. The lowest BCUT2D eigenvalue weighted by molar-refractivity contribution is -0.384. The number of non-ortho nitro benzene ring substituents is 1. The van der Waals surface area contributed by atoms with Crippen LogP contribution in [0.1, 0.15) is 41.5 Å². The Kier molecular flexibility index (Phi) is 5.80. The summed E-state index contributed by atoms with van der Waals surface area (Å²) in [5.41, 5.74) is 2.73. The van der Waals surface area contributed by atoms with Gasteiger partial charge in [0.05, 0.1) is 22.4 Å². The number of hydrogen-bond acceptors (Lipinski definition) is 5. The molecule has 0 aliphatic carbocycles. The number of benzene rings is 2. The predicted octanol–water partition coefficient (Wildman–Crippen LogP) is 4.40. The van der Waals surface area contributed by atoms with Crippen LogP contribution in [0.15, 0.2) is 73.3 Å². The SMILES string of the molecule is CC(C)c1nccn1Cc1cccc(NC(=O)c2cnn(-c3ccc([N+](=O)[O-])cc3)c2)c1. The summed E-state index contributed by atoms with van der Waals surface area (Å²) in [5, 5.41) is 17.9. The molecule has 0 atom stereocenters. The fraction of sp³-hybridized carbons (Fsp3) is 0.174. The van der Waals surface area contributed by atoms with Crippen LogP contribution in [0, 0.1) is 10.1 Å². The van der Waals surface area contributed by atoms with Gasteiger partial charge in [-0.15, -0.1) is 0 Å². The molecular formula is C23H22N6O3. The Labute approximate surface area is 184 Å². The number of nitro groups is 1. The number of carbonyl (C=O) groups excluding carboxylic acids is 1. The molecule has 2 aromatic carbocycles. The van der Waals surface area contributed by atoms with Crippen molar-refractivity contribution in [3.8, 4) is 5.69 Å². The van der Waals surface area contributed by atoms with Gasteiger partial charge in [-0.2, -0.15) is 5.10 Å². The van der Waals surface area contributed by atoms with Crippen LogP contribution < -0.4 is 5.32 Å². The van der Waals surface area contributed by atoms with Crippen molar-refractivity contribution < 1.29 is 9.72 Å². The van der Waals surface area contributed by atoms with Gasteiger partial charge in [0, 0.05) is 48.9 Å². The maximum Gasteiger partial charge on any atom is 0.269 e. The second-order valence-corrected chi connectivity index (χ2v) is 7.67. The summed E-state index contributed by atoms with van der Waals surface area (Å²) in [6.07, 6.45) is 6.79. The fourth-order valence-electron chi connectivity index (χ4n) is 3.41. The molecule has 0 spiro atoms. The maximum atomic E-state index is 12.7. The zero-order chi connectivity index (χ0) is 22.7. The summed E-state index contributed by atoms with van der Waals surface area (Å²) in [4.78, 5) is 27.5. The fourth-order valence-corrected chi connectivity index (χ4v) is 3.41. The van der Waals surface area contributed by atoms with Crippen LogP contribution in [0.2, 0.25) is 0 Å². The summed E-state index contributed by atoms with van der Waals surface area (Å²) in [7, 11) is 0. The average molecular weight is 430 g/mol. The Hall–Kier alpha value is -4.27. The summed E-state index contributed by atoms with van der Waals surface area (Å²) >= 11 is 0. The van der Waals surface area contributed by atoms with Crippen LogP contribution in [0.3, 0.4) is 0 Å². The highest BCUT2D eigenvalue weighted by atomic mass is 16.6. The number of carbonyl (C=O) groups is 1. The first kappa shape index (κ1) is 21.0. The van der Waals surface area contributed by atoms with Crippen LogP contribution in [-0.4, -0.2) is 30.2 Å². The molecule has 0 saturated carbocycles. The smallest absolute Gasteiger partial charge is 0.269 e. The van der Waals surface area contributed by atoms with Crippen molar-refractivity contribution in [1.29, 1.82) is 0 Å². The second-order valence-electron chi connectivity index (χ2n) is 7.67. The minimum atomic E-state index is -0.462. The average Bonchev–Trinajstić information content (AvgIpc) is 3.44.